The molecule has 0 heterocycles. The molecule has 2 rings (SSSR count). The third-order valence-electron chi connectivity index (χ3n) is 2.92. The Morgan fingerprint density at radius 2 is 2.05 bits per heavy atom. The molecule has 21 heavy (non-hydrogen) atoms. The van der Waals surface area contributed by atoms with Gasteiger partial charge in [-0.25, -0.2) is 4.39 Å². The first-order valence-electron chi connectivity index (χ1n) is 6.26. The SMILES string of the molecule is NCCc1ccccc1C(=O)Nc1c(Cl)cc(F)cc1Br. The van der Waals surface area contributed by atoms with E-state index in [1.165, 1.54) is 6.07 Å². The van der Waals surface area contributed by atoms with E-state index in [0.717, 1.165) is 11.6 Å². The van der Waals surface area contributed by atoms with Gasteiger partial charge in [-0.05, 0) is 52.7 Å². The van der Waals surface area contributed by atoms with Crippen LogP contribution in [0.25, 0.3) is 0 Å². The Morgan fingerprint density at radius 3 is 2.71 bits per heavy atom. The Morgan fingerprint density at radius 1 is 1.33 bits per heavy atom. The zero-order chi connectivity index (χ0) is 15.4. The van der Waals surface area contributed by atoms with Gasteiger partial charge in [0.25, 0.3) is 5.91 Å². The molecule has 0 saturated carbocycles. The van der Waals surface area contributed by atoms with Crippen molar-refractivity contribution in [1.82, 2.24) is 0 Å². The first-order chi connectivity index (χ1) is 10.0. The van der Waals surface area contributed by atoms with Gasteiger partial charge in [0.2, 0.25) is 0 Å². The van der Waals surface area contributed by atoms with Crippen LogP contribution in [0.15, 0.2) is 40.9 Å². The Kier molecular flexibility index (Phi) is 5.33. The van der Waals surface area contributed by atoms with Gasteiger partial charge in [-0.1, -0.05) is 29.8 Å². The first kappa shape index (κ1) is 15.9. The predicted octanol–water partition coefficient (Wildman–Crippen LogP) is 4.00. The molecule has 0 spiro atoms. The summed E-state index contributed by atoms with van der Waals surface area (Å²) in [4.78, 5) is 12.4. The third kappa shape index (κ3) is 3.81. The molecule has 0 saturated heterocycles. The average Bonchev–Trinajstić information content (AvgIpc) is 2.43. The highest BCUT2D eigenvalue weighted by molar-refractivity contribution is 9.10. The number of carbonyl (C=O) groups excluding carboxylic acids is 1. The molecule has 0 atom stereocenters. The second-order valence-electron chi connectivity index (χ2n) is 4.39. The second kappa shape index (κ2) is 7.02. The fraction of sp³-hybridized carbons (Fsp3) is 0.133. The summed E-state index contributed by atoms with van der Waals surface area (Å²) in [7, 11) is 0. The van der Waals surface area contributed by atoms with E-state index in [9.17, 15) is 9.18 Å². The zero-order valence-corrected chi connectivity index (χ0v) is 13.3. The van der Waals surface area contributed by atoms with Gasteiger partial charge in [-0.15, -0.1) is 0 Å². The number of anilines is 1. The van der Waals surface area contributed by atoms with Crippen molar-refractivity contribution in [2.75, 3.05) is 11.9 Å². The minimum atomic E-state index is -0.478. The van der Waals surface area contributed by atoms with E-state index in [4.69, 9.17) is 17.3 Å². The number of hydrogen-bond acceptors (Lipinski definition) is 2. The molecule has 0 aliphatic heterocycles. The van der Waals surface area contributed by atoms with Gasteiger partial charge >= 0.3 is 0 Å². The molecule has 3 nitrogen and oxygen atoms in total. The Hall–Kier alpha value is -1.43. The first-order valence-corrected chi connectivity index (χ1v) is 7.44. The van der Waals surface area contributed by atoms with Gasteiger partial charge < -0.3 is 11.1 Å². The van der Waals surface area contributed by atoms with Crippen molar-refractivity contribution in [1.29, 1.82) is 0 Å². The summed E-state index contributed by atoms with van der Waals surface area (Å²) in [5.41, 5.74) is 7.26. The Labute approximate surface area is 135 Å². The maximum Gasteiger partial charge on any atom is 0.256 e. The van der Waals surface area contributed by atoms with Gasteiger partial charge in [-0.3, -0.25) is 4.79 Å². The fourth-order valence-electron chi connectivity index (χ4n) is 1.96. The maximum atomic E-state index is 13.2. The molecule has 2 aromatic carbocycles. The van der Waals surface area contributed by atoms with Crippen LogP contribution in [0.3, 0.4) is 0 Å². The molecule has 0 unspecified atom stereocenters. The summed E-state index contributed by atoms with van der Waals surface area (Å²) < 4.78 is 13.6. The number of nitrogens with one attached hydrogen (secondary N) is 1. The highest BCUT2D eigenvalue weighted by Crippen LogP contribution is 2.32. The van der Waals surface area contributed by atoms with Crippen molar-refractivity contribution in [3.8, 4) is 0 Å². The molecule has 0 aliphatic rings. The lowest BCUT2D eigenvalue weighted by Gasteiger charge is -2.12. The molecular weight excluding hydrogens is 359 g/mol. The number of nitrogens with two attached hydrogens (primary N) is 1. The quantitative estimate of drug-likeness (QED) is 0.853. The molecule has 2 aromatic rings. The summed E-state index contributed by atoms with van der Waals surface area (Å²) in [6, 6.07) is 9.58. The number of carbonyl (C=O) groups is 1. The lowest BCUT2D eigenvalue weighted by molar-refractivity contribution is 0.102. The van der Waals surface area contributed by atoms with Crippen LogP contribution in [0.1, 0.15) is 15.9 Å². The van der Waals surface area contributed by atoms with E-state index < -0.39 is 5.82 Å². The van der Waals surface area contributed by atoms with Crippen molar-refractivity contribution < 1.29 is 9.18 Å². The number of benzene rings is 2. The largest absolute Gasteiger partial charge is 0.330 e. The molecule has 0 bridgehead atoms. The summed E-state index contributed by atoms with van der Waals surface area (Å²) in [6.07, 6.45) is 0.599. The van der Waals surface area contributed by atoms with Crippen LogP contribution in [-0.2, 0) is 6.42 Å². The van der Waals surface area contributed by atoms with Gasteiger partial charge in [0, 0.05) is 10.0 Å². The second-order valence-corrected chi connectivity index (χ2v) is 5.66. The molecule has 110 valence electrons. The van der Waals surface area contributed by atoms with E-state index >= 15 is 0 Å². The number of amides is 1. The lowest BCUT2D eigenvalue weighted by Crippen LogP contribution is -2.16. The normalized spacial score (nSPS) is 10.5. The van der Waals surface area contributed by atoms with E-state index in [2.05, 4.69) is 21.2 Å². The minimum Gasteiger partial charge on any atom is -0.330 e. The molecule has 0 aromatic heterocycles. The third-order valence-corrected chi connectivity index (χ3v) is 3.84. The van der Waals surface area contributed by atoms with Crippen LogP contribution in [0.5, 0.6) is 0 Å². The smallest absolute Gasteiger partial charge is 0.256 e. The summed E-state index contributed by atoms with van der Waals surface area (Å²) in [5.74, 6) is -0.790. The van der Waals surface area contributed by atoms with Crippen molar-refractivity contribution >= 4 is 39.1 Å². The van der Waals surface area contributed by atoms with E-state index in [1.807, 2.05) is 12.1 Å². The van der Waals surface area contributed by atoms with Crippen LogP contribution in [0.4, 0.5) is 10.1 Å². The minimum absolute atomic E-state index is 0.131. The van der Waals surface area contributed by atoms with Gasteiger partial charge in [0.15, 0.2) is 0 Å². The van der Waals surface area contributed by atoms with Crippen molar-refractivity contribution in [3.63, 3.8) is 0 Å². The summed E-state index contributed by atoms with van der Waals surface area (Å²) in [5, 5.41) is 2.83. The zero-order valence-electron chi connectivity index (χ0n) is 11.0. The molecule has 6 heteroatoms. The Bertz CT molecular complexity index is 655. The van der Waals surface area contributed by atoms with E-state index in [1.54, 1.807) is 12.1 Å². The van der Waals surface area contributed by atoms with Crippen molar-refractivity contribution in [2.24, 2.45) is 5.73 Å². The Balaban J connectivity index is 2.31. The number of rotatable bonds is 4. The monoisotopic (exact) mass is 370 g/mol. The highest BCUT2D eigenvalue weighted by Gasteiger charge is 2.15. The van der Waals surface area contributed by atoms with Crippen LogP contribution >= 0.6 is 27.5 Å². The van der Waals surface area contributed by atoms with Crippen LogP contribution in [0, 0.1) is 5.82 Å². The molecule has 1 amide bonds. The van der Waals surface area contributed by atoms with Crippen LogP contribution in [0.2, 0.25) is 5.02 Å². The van der Waals surface area contributed by atoms with Crippen molar-refractivity contribution in [3.05, 3.63) is 62.8 Å². The molecular formula is C15H13BrClFN2O. The molecule has 0 aliphatic carbocycles. The maximum absolute atomic E-state index is 13.2. The van der Waals surface area contributed by atoms with Crippen LogP contribution < -0.4 is 11.1 Å². The number of hydrogen-bond donors (Lipinski definition) is 2. The van der Waals surface area contributed by atoms with Gasteiger partial charge in [0.1, 0.15) is 5.82 Å². The summed E-state index contributed by atoms with van der Waals surface area (Å²) >= 11 is 9.15. The lowest BCUT2D eigenvalue weighted by atomic mass is 10.0. The molecule has 3 N–H and O–H groups in total. The topological polar surface area (TPSA) is 55.1 Å². The number of halogens is 3. The van der Waals surface area contributed by atoms with E-state index in [0.29, 0.717) is 28.7 Å². The standard InChI is InChI=1S/C15H13BrClFN2O/c16-12-7-10(18)8-13(17)14(12)20-15(21)11-4-2-1-3-9(11)5-6-19/h1-4,7-8H,5-6,19H2,(H,20,21). The van der Waals surface area contributed by atoms with Crippen molar-refractivity contribution in [2.45, 2.75) is 6.42 Å². The van der Waals surface area contributed by atoms with E-state index in [-0.39, 0.29) is 10.9 Å². The fourth-order valence-corrected chi connectivity index (χ4v) is 2.86. The van der Waals surface area contributed by atoms with Gasteiger partial charge in [-0.2, -0.15) is 0 Å². The van der Waals surface area contributed by atoms with Gasteiger partial charge in [0.05, 0.1) is 10.7 Å². The molecule has 0 radical (unpaired) electrons. The van der Waals surface area contributed by atoms with Crippen LogP contribution in [-0.4, -0.2) is 12.5 Å². The molecule has 0 fully saturated rings. The summed E-state index contributed by atoms with van der Waals surface area (Å²) in [6.45, 7) is 0.450. The highest BCUT2D eigenvalue weighted by atomic mass is 79.9. The predicted molar refractivity (Wildman–Crippen MR) is 86.3 cm³/mol. The average molecular weight is 372 g/mol.